The van der Waals surface area contributed by atoms with Crippen LogP contribution >= 0.6 is 11.3 Å². The Balaban J connectivity index is 1.53. The molecule has 0 radical (unpaired) electrons. The second kappa shape index (κ2) is 6.80. The second-order valence-corrected chi connectivity index (χ2v) is 7.38. The number of para-hydroxylation sites is 1. The fourth-order valence-corrected chi connectivity index (χ4v) is 4.53. The molecule has 0 aliphatic heterocycles. The fraction of sp³-hybridized carbons (Fsp3) is 0.316. The Kier molecular flexibility index (Phi) is 4.36. The van der Waals surface area contributed by atoms with E-state index < -0.39 is 0 Å². The molecule has 0 spiro atoms. The van der Waals surface area contributed by atoms with E-state index in [4.69, 9.17) is 0 Å². The zero-order chi connectivity index (χ0) is 17.2. The first kappa shape index (κ1) is 16.0. The second-order valence-electron chi connectivity index (χ2n) is 6.30. The summed E-state index contributed by atoms with van der Waals surface area (Å²) in [5.74, 6) is -0.106. The highest BCUT2D eigenvalue weighted by Gasteiger charge is 2.20. The number of nitrogens with one attached hydrogen (secondary N) is 1. The first-order valence-electron chi connectivity index (χ1n) is 8.57. The van der Waals surface area contributed by atoms with E-state index in [1.54, 1.807) is 22.2 Å². The van der Waals surface area contributed by atoms with Gasteiger partial charge in [0.1, 0.15) is 4.83 Å². The van der Waals surface area contributed by atoms with E-state index in [0.717, 1.165) is 35.2 Å². The van der Waals surface area contributed by atoms with Gasteiger partial charge in [0.05, 0.1) is 11.7 Å². The van der Waals surface area contributed by atoms with E-state index in [0.29, 0.717) is 6.54 Å². The smallest absolute Gasteiger partial charge is 0.262 e. The minimum absolute atomic E-state index is 0.0167. The first-order valence-corrected chi connectivity index (χ1v) is 9.38. The Morgan fingerprint density at radius 2 is 2.00 bits per heavy atom. The third kappa shape index (κ3) is 3.22. The summed E-state index contributed by atoms with van der Waals surface area (Å²) in [6, 6.07) is 9.33. The quantitative estimate of drug-likeness (QED) is 0.782. The molecule has 1 N–H and O–H groups in total. The minimum Gasteiger partial charge on any atom is -0.326 e. The minimum atomic E-state index is -0.106. The molecule has 2 aromatic heterocycles. The number of hydrogen-bond donors (Lipinski definition) is 1. The van der Waals surface area contributed by atoms with Crippen molar-refractivity contribution >= 4 is 33.1 Å². The number of hydrogen-bond acceptors (Lipinski definition) is 4. The van der Waals surface area contributed by atoms with Gasteiger partial charge < -0.3 is 5.32 Å². The molecule has 0 atom stereocenters. The summed E-state index contributed by atoms with van der Waals surface area (Å²) in [6.45, 7) is 0.338. The average Bonchev–Trinajstić information content (AvgIpc) is 3.01. The summed E-state index contributed by atoms with van der Waals surface area (Å²) in [7, 11) is 0. The summed E-state index contributed by atoms with van der Waals surface area (Å²) >= 11 is 1.65. The van der Waals surface area contributed by atoms with Gasteiger partial charge in [0, 0.05) is 23.5 Å². The molecule has 4 rings (SSSR count). The number of nitrogens with zero attached hydrogens (tertiary/aromatic N) is 2. The van der Waals surface area contributed by atoms with Crippen molar-refractivity contribution in [3.63, 3.8) is 0 Å². The number of fused-ring (bicyclic) bond motifs is 3. The molecule has 3 aromatic rings. The van der Waals surface area contributed by atoms with Crippen LogP contribution < -0.4 is 10.9 Å². The van der Waals surface area contributed by atoms with Crippen LogP contribution in [0.15, 0.2) is 41.5 Å². The zero-order valence-corrected chi connectivity index (χ0v) is 14.6. The number of aryl methyl sites for hydroxylation is 3. The van der Waals surface area contributed by atoms with Crippen LogP contribution in [0.25, 0.3) is 10.2 Å². The van der Waals surface area contributed by atoms with Crippen molar-refractivity contribution in [3.8, 4) is 0 Å². The van der Waals surface area contributed by atoms with Crippen molar-refractivity contribution in [2.45, 2.75) is 38.6 Å². The van der Waals surface area contributed by atoms with Crippen molar-refractivity contribution in [3.05, 3.63) is 57.5 Å². The maximum Gasteiger partial charge on any atom is 0.262 e. The molecule has 6 heteroatoms. The van der Waals surface area contributed by atoms with Crippen LogP contribution in [0.1, 0.15) is 29.7 Å². The van der Waals surface area contributed by atoms with Crippen LogP contribution in [0.2, 0.25) is 0 Å². The highest BCUT2D eigenvalue weighted by Crippen LogP contribution is 2.33. The highest BCUT2D eigenvalue weighted by molar-refractivity contribution is 7.18. The van der Waals surface area contributed by atoms with Gasteiger partial charge in [0.25, 0.3) is 5.56 Å². The summed E-state index contributed by atoms with van der Waals surface area (Å²) in [5.41, 5.74) is 1.93. The molecular weight excluding hydrogens is 334 g/mol. The summed E-state index contributed by atoms with van der Waals surface area (Å²) < 4.78 is 1.56. The third-order valence-electron chi connectivity index (χ3n) is 4.58. The molecule has 0 bridgehead atoms. The first-order chi connectivity index (χ1) is 12.2. The molecular formula is C19H19N3O2S. The van der Waals surface area contributed by atoms with E-state index in [1.165, 1.54) is 16.9 Å². The summed E-state index contributed by atoms with van der Waals surface area (Å²) in [4.78, 5) is 31.5. The molecule has 1 amide bonds. The van der Waals surface area contributed by atoms with Crippen LogP contribution in [-0.4, -0.2) is 15.5 Å². The van der Waals surface area contributed by atoms with Gasteiger partial charge in [-0.25, -0.2) is 4.98 Å². The molecule has 0 unspecified atom stereocenters. The van der Waals surface area contributed by atoms with Crippen LogP contribution in [0.4, 0.5) is 5.69 Å². The number of rotatable bonds is 4. The Hall–Kier alpha value is -2.47. The fourth-order valence-electron chi connectivity index (χ4n) is 3.31. The monoisotopic (exact) mass is 353 g/mol. The van der Waals surface area contributed by atoms with Gasteiger partial charge in [0.15, 0.2) is 0 Å². The van der Waals surface area contributed by atoms with Crippen molar-refractivity contribution in [1.82, 2.24) is 9.55 Å². The number of thiophene rings is 1. The van der Waals surface area contributed by atoms with Crippen LogP contribution in [0.5, 0.6) is 0 Å². The van der Waals surface area contributed by atoms with Crippen molar-refractivity contribution in [1.29, 1.82) is 0 Å². The van der Waals surface area contributed by atoms with Gasteiger partial charge in [0.2, 0.25) is 5.91 Å². The maximum absolute atomic E-state index is 12.8. The van der Waals surface area contributed by atoms with Gasteiger partial charge in [-0.3, -0.25) is 14.2 Å². The van der Waals surface area contributed by atoms with Gasteiger partial charge in [-0.2, -0.15) is 0 Å². The lowest BCUT2D eigenvalue weighted by Gasteiger charge is -2.10. The molecule has 1 aliphatic carbocycles. The summed E-state index contributed by atoms with van der Waals surface area (Å²) in [5, 5.41) is 3.61. The van der Waals surface area contributed by atoms with E-state index >= 15 is 0 Å². The van der Waals surface area contributed by atoms with Crippen LogP contribution in [-0.2, 0) is 24.2 Å². The number of aromatic nitrogens is 2. The standard InChI is InChI=1S/C19H19N3O2S/c23-16(21-13-6-2-1-3-7-13)10-11-22-12-20-18-17(19(22)24)14-8-4-5-9-15(14)25-18/h1-3,6-7,12H,4-5,8-11H2,(H,21,23). The zero-order valence-electron chi connectivity index (χ0n) is 13.8. The number of amides is 1. The highest BCUT2D eigenvalue weighted by atomic mass is 32.1. The Morgan fingerprint density at radius 1 is 1.20 bits per heavy atom. The van der Waals surface area contributed by atoms with Crippen molar-refractivity contribution in [2.24, 2.45) is 0 Å². The van der Waals surface area contributed by atoms with E-state index in [2.05, 4.69) is 10.3 Å². The molecule has 25 heavy (non-hydrogen) atoms. The van der Waals surface area contributed by atoms with Crippen LogP contribution in [0, 0.1) is 0 Å². The number of carbonyl (C=O) groups is 1. The third-order valence-corrected chi connectivity index (χ3v) is 5.78. The Bertz CT molecular complexity index is 975. The molecule has 0 fully saturated rings. The average molecular weight is 353 g/mol. The van der Waals surface area contributed by atoms with Crippen molar-refractivity contribution < 1.29 is 4.79 Å². The lowest BCUT2D eigenvalue weighted by molar-refractivity contribution is -0.116. The molecule has 1 aliphatic rings. The predicted octanol–water partition coefficient (Wildman–Crippen LogP) is 3.37. The maximum atomic E-state index is 12.8. The normalized spacial score (nSPS) is 13.6. The molecule has 128 valence electrons. The SMILES string of the molecule is O=C(CCn1cnc2sc3c(c2c1=O)CCCC3)Nc1ccccc1. The molecule has 1 aromatic carbocycles. The van der Waals surface area contributed by atoms with E-state index in [9.17, 15) is 9.59 Å². The van der Waals surface area contributed by atoms with E-state index in [1.807, 2.05) is 30.3 Å². The number of benzene rings is 1. The van der Waals surface area contributed by atoms with Gasteiger partial charge in [-0.05, 0) is 43.4 Å². The largest absolute Gasteiger partial charge is 0.326 e. The lowest BCUT2D eigenvalue weighted by atomic mass is 9.97. The summed E-state index contributed by atoms with van der Waals surface area (Å²) in [6.07, 6.45) is 6.15. The Labute approximate surface area is 149 Å². The molecule has 0 saturated heterocycles. The van der Waals surface area contributed by atoms with E-state index in [-0.39, 0.29) is 17.9 Å². The molecule has 5 nitrogen and oxygen atoms in total. The van der Waals surface area contributed by atoms with Gasteiger partial charge in [-0.15, -0.1) is 11.3 Å². The lowest BCUT2D eigenvalue weighted by Crippen LogP contribution is -2.24. The molecule has 2 heterocycles. The number of carbonyl (C=O) groups excluding carboxylic acids is 1. The Morgan fingerprint density at radius 3 is 2.84 bits per heavy atom. The predicted molar refractivity (Wildman–Crippen MR) is 100 cm³/mol. The van der Waals surface area contributed by atoms with Crippen LogP contribution in [0.3, 0.4) is 0 Å². The van der Waals surface area contributed by atoms with Crippen molar-refractivity contribution in [2.75, 3.05) is 5.32 Å². The van der Waals surface area contributed by atoms with Gasteiger partial charge >= 0.3 is 0 Å². The number of anilines is 1. The van der Waals surface area contributed by atoms with Gasteiger partial charge in [-0.1, -0.05) is 18.2 Å². The topological polar surface area (TPSA) is 64.0 Å². The molecule has 0 saturated carbocycles.